The average molecular weight is 427 g/mol. The standard InChI is InChI=1S/C25H21N3O4/c1-30-20-4-2-3-19(12-20)22-13-21(27-28-22)17-6-8-18(9-7-17)25(29)26-14-16-5-10-23-24(11-16)32-15-31-23/h2-13H,14-15H2,1H3,(H,26,29)(H,27,28). The Labute approximate surface area is 185 Å². The van der Waals surface area contributed by atoms with Crippen LogP contribution in [0.15, 0.2) is 72.8 Å². The smallest absolute Gasteiger partial charge is 0.251 e. The number of carbonyl (C=O) groups excluding carboxylic acids is 1. The van der Waals surface area contributed by atoms with E-state index >= 15 is 0 Å². The quantitative estimate of drug-likeness (QED) is 0.476. The molecule has 4 aromatic rings. The van der Waals surface area contributed by atoms with Crippen LogP contribution in [0.5, 0.6) is 17.2 Å². The highest BCUT2D eigenvalue weighted by molar-refractivity contribution is 5.94. The third-order valence-corrected chi connectivity index (χ3v) is 5.29. The zero-order valence-corrected chi connectivity index (χ0v) is 17.4. The van der Waals surface area contributed by atoms with E-state index in [1.165, 1.54) is 0 Å². The molecule has 32 heavy (non-hydrogen) atoms. The fraction of sp³-hybridized carbons (Fsp3) is 0.120. The van der Waals surface area contributed by atoms with Gasteiger partial charge in [0.1, 0.15) is 5.75 Å². The highest BCUT2D eigenvalue weighted by Crippen LogP contribution is 2.32. The predicted molar refractivity (Wildman–Crippen MR) is 120 cm³/mol. The van der Waals surface area contributed by atoms with Gasteiger partial charge in [0.25, 0.3) is 5.91 Å². The lowest BCUT2D eigenvalue weighted by molar-refractivity contribution is 0.0951. The van der Waals surface area contributed by atoms with E-state index in [0.717, 1.165) is 39.6 Å². The van der Waals surface area contributed by atoms with E-state index in [2.05, 4.69) is 15.5 Å². The maximum atomic E-state index is 12.6. The molecule has 7 heteroatoms. The molecular formula is C25H21N3O4. The van der Waals surface area contributed by atoms with Crippen LogP contribution < -0.4 is 19.5 Å². The highest BCUT2D eigenvalue weighted by Gasteiger charge is 2.14. The maximum absolute atomic E-state index is 12.6. The minimum absolute atomic E-state index is 0.143. The molecule has 160 valence electrons. The summed E-state index contributed by atoms with van der Waals surface area (Å²) in [6.45, 7) is 0.635. The number of fused-ring (bicyclic) bond motifs is 1. The first-order valence-corrected chi connectivity index (χ1v) is 10.2. The fourth-order valence-corrected chi connectivity index (χ4v) is 3.54. The molecule has 1 aliphatic heterocycles. The van der Waals surface area contributed by atoms with Crippen LogP contribution in [0.25, 0.3) is 22.5 Å². The Hall–Kier alpha value is -4.26. The van der Waals surface area contributed by atoms with Gasteiger partial charge in [0.05, 0.1) is 18.5 Å². The number of nitrogens with one attached hydrogen (secondary N) is 2. The maximum Gasteiger partial charge on any atom is 0.251 e. The van der Waals surface area contributed by atoms with Crippen LogP contribution in [-0.4, -0.2) is 30.0 Å². The van der Waals surface area contributed by atoms with Crippen molar-refractivity contribution in [3.63, 3.8) is 0 Å². The van der Waals surface area contributed by atoms with Gasteiger partial charge >= 0.3 is 0 Å². The number of ether oxygens (including phenoxy) is 3. The van der Waals surface area contributed by atoms with Gasteiger partial charge in [0, 0.05) is 17.7 Å². The normalized spacial score (nSPS) is 11.9. The van der Waals surface area contributed by atoms with Crippen molar-refractivity contribution >= 4 is 5.91 Å². The molecule has 0 saturated carbocycles. The molecule has 7 nitrogen and oxygen atoms in total. The third kappa shape index (κ3) is 4.00. The van der Waals surface area contributed by atoms with Crippen molar-refractivity contribution in [2.45, 2.75) is 6.54 Å². The van der Waals surface area contributed by atoms with Gasteiger partial charge in [-0.15, -0.1) is 0 Å². The summed E-state index contributed by atoms with van der Waals surface area (Å²) in [6.07, 6.45) is 0. The summed E-state index contributed by atoms with van der Waals surface area (Å²) in [4.78, 5) is 12.6. The number of nitrogens with zero attached hydrogens (tertiary/aromatic N) is 1. The van der Waals surface area contributed by atoms with Crippen molar-refractivity contribution in [2.75, 3.05) is 13.9 Å². The lowest BCUT2D eigenvalue weighted by Gasteiger charge is -2.07. The first-order chi connectivity index (χ1) is 15.7. The molecule has 1 aromatic heterocycles. The van der Waals surface area contributed by atoms with E-state index < -0.39 is 0 Å². The Balaban J connectivity index is 1.25. The summed E-state index contributed by atoms with van der Waals surface area (Å²) in [5.41, 5.74) is 5.13. The minimum Gasteiger partial charge on any atom is -0.497 e. The Morgan fingerprint density at radius 2 is 1.84 bits per heavy atom. The second-order valence-corrected chi connectivity index (χ2v) is 7.35. The van der Waals surface area contributed by atoms with Gasteiger partial charge in [-0.3, -0.25) is 9.89 Å². The summed E-state index contributed by atoms with van der Waals surface area (Å²) < 4.78 is 16.0. The predicted octanol–water partition coefficient (Wildman–Crippen LogP) is 4.41. The molecule has 0 radical (unpaired) electrons. The molecule has 0 atom stereocenters. The zero-order chi connectivity index (χ0) is 21.9. The molecule has 0 spiro atoms. The van der Waals surface area contributed by atoms with E-state index in [0.29, 0.717) is 17.9 Å². The van der Waals surface area contributed by atoms with Crippen molar-refractivity contribution < 1.29 is 19.0 Å². The van der Waals surface area contributed by atoms with Gasteiger partial charge in [0.2, 0.25) is 6.79 Å². The van der Waals surface area contributed by atoms with E-state index in [1.807, 2.05) is 60.7 Å². The van der Waals surface area contributed by atoms with Crippen LogP contribution in [0.2, 0.25) is 0 Å². The molecule has 5 rings (SSSR count). The van der Waals surface area contributed by atoms with Crippen LogP contribution in [0.3, 0.4) is 0 Å². The number of amides is 1. The number of hydrogen-bond acceptors (Lipinski definition) is 5. The summed E-state index contributed by atoms with van der Waals surface area (Å²) in [6, 6.07) is 22.8. The number of rotatable bonds is 6. The van der Waals surface area contributed by atoms with Crippen LogP contribution >= 0.6 is 0 Å². The third-order valence-electron chi connectivity index (χ3n) is 5.29. The van der Waals surface area contributed by atoms with E-state index in [9.17, 15) is 4.79 Å². The van der Waals surface area contributed by atoms with Gasteiger partial charge in [-0.25, -0.2) is 0 Å². The summed E-state index contributed by atoms with van der Waals surface area (Å²) in [5.74, 6) is 2.07. The van der Waals surface area contributed by atoms with Crippen molar-refractivity contribution in [2.24, 2.45) is 0 Å². The van der Waals surface area contributed by atoms with Crippen molar-refractivity contribution in [1.82, 2.24) is 15.5 Å². The average Bonchev–Trinajstić information content (AvgIpc) is 3.52. The number of H-pyrrole nitrogens is 1. The molecule has 1 amide bonds. The highest BCUT2D eigenvalue weighted by atomic mass is 16.7. The Kier molecular flexibility index (Phi) is 5.21. The van der Waals surface area contributed by atoms with Gasteiger partial charge in [-0.2, -0.15) is 5.10 Å². The number of benzene rings is 3. The van der Waals surface area contributed by atoms with Crippen molar-refractivity contribution in [3.05, 3.63) is 83.9 Å². The summed E-state index contributed by atoms with van der Waals surface area (Å²) in [5, 5.41) is 10.4. The largest absolute Gasteiger partial charge is 0.497 e. The van der Waals surface area contributed by atoms with Gasteiger partial charge in [-0.05, 0) is 53.6 Å². The van der Waals surface area contributed by atoms with E-state index in [4.69, 9.17) is 14.2 Å². The number of aromatic nitrogens is 2. The molecule has 2 N–H and O–H groups in total. The Bertz CT molecular complexity index is 1260. The van der Waals surface area contributed by atoms with Crippen LogP contribution in [0.4, 0.5) is 0 Å². The Morgan fingerprint density at radius 3 is 2.69 bits per heavy atom. The van der Waals surface area contributed by atoms with E-state index in [-0.39, 0.29) is 12.7 Å². The molecule has 3 aromatic carbocycles. The molecule has 0 fully saturated rings. The number of carbonyl (C=O) groups is 1. The van der Waals surface area contributed by atoms with E-state index in [1.54, 1.807) is 19.2 Å². The number of aromatic amines is 1. The van der Waals surface area contributed by atoms with Crippen molar-refractivity contribution in [1.29, 1.82) is 0 Å². The summed E-state index contributed by atoms with van der Waals surface area (Å²) >= 11 is 0. The SMILES string of the molecule is COc1cccc(-c2cc(-c3ccc(C(=O)NCc4ccc5c(c4)OCO5)cc3)[nH]n2)c1. The van der Waals surface area contributed by atoms with Crippen LogP contribution in [0, 0.1) is 0 Å². The molecule has 0 saturated heterocycles. The second kappa shape index (κ2) is 8.47. The summed E-state index contributed by atoms with van der Waals surface area (Å²) in [7, 11) is 1.64. The van der Waals surface area contributed by atoms with Crippen LogP contribution in [0.1, 0.15) is 15.9 Å². The molecule has 0 unspecified atom stereocenters. The minimum atomic E-state index is -0.143. The molecule has 2 heterocycles. The van der Waals surface area contributed by atoms with Gasteiger partial charge < -0.3 is 19.5 Å². The van der Waals surface area contributed by atoms with Gasteiger partial charge in [0.15, 0.2) is 11.5 Å². The first-order valence-electron chi connectivity index (χ1n) is 10.2. The molecule has 0 bridgehead atoms. The Morgan fingerprint density at radius 1 is 1.00 bits per heavy atom. The molecular weight excluding hydrogens is 406 g/mol. The van der Waals surface area contributed by atoms with Gasteiger partial charge in [-0.1, -0.05) is 30.3 Å². The number of methoxy groups -OCH3 is 1. The topological polar surface area (TPSA) is 85.5 Å². The monoisotopic (exact) mass is 427 g/mol. The molecule has 0 aliphatic carbocycles. The lowest BCUT2D eigenvalue weighted by atomic mass is 10.1. The second-order valence-electron chi connectivity index (χ2n) is 7.35. The van der Waals surface area contributed by atoms with Crippen molar-refractivity contribution in [3.8, 4) is 39.8 Å². The molecule has 1 aliphatic rings. The lowest BCUT2D eigenvalue weighted by Crippen LogP contribution is -2.22. The number of hydrogen-bond donors (Lipinski definition) is 2. The van der Waals surface area contributed by atoms with Crippen LogP contribution in [-0.2, 0) is 6.54 Å². The fourth-order valence-electron chi connectivity index (χ4n) is 3.54. The zero-order valence-electron chi connectivity index (χ0n) is 17.4. The first kappa shape index (κ1) is 19.7.